The highest BCUT2D eigenvalue weighted by Crippen LogP contribution is 2.12. The van der Waals surface area contributed by atoms with Gasteiger partial charge in [0.25, 0.3) is 5.91 Å². The lowest BCUT2D eigenvalue weighted by Gasteiger charge is -2.13. The fourth-order valence-electron chi connectivity index (χ4n) is 1.56. The maximum atomic E-state index is 11.6. The monoisotopic (exact) mass is 281 g/mol. The summed E-state index contributed by atoms with van der Waals surface area (Å²) < 4.78 is 14.8. The summed E-state index contributed by atoms with van der Waals surface area (Å²) in [5, 5.41) is 2.73. The Morgan fingerprint density at radius 2 is 1.85 bits per heavy atom. The van der Waals surface area contributed by atoms with Crippen LogP contribution >= 0.6 is 0 Å². The Kier molecular flexibility index (Phi) is 6.52. The van der Waals surface area contributed by atoms with Gasteiger partial charge in [0, 0.05) is 13.2 Å². The summed E-state index contributed by atoms with van der Waals surface area (Å²) in [7, 11) is 2.89. The largest absolute Gasteiger partial charge is 0.484 e. The van der Waals surface area contributed by atoms with Crippen LogP contribution in [0.3, 0.4) is 0 Å². The molecule has 20 heavy (non-hydrogen) atoms. The van der Waals surface area contributed by atoms with E-state index in [2.05, 4.69) is 10.1 Å². The van der Waals surface area contributed by atoms with Gasteiger partial charge >= 0.3 is 5.97 Å². The Morgan fingerprint density at radius 3 is 2.40 bits per heavy atom. The molecule has 0 aliphatic carbocycles. The number of hydrogen-bond acceptors (Lipinski definition) is 5. The van der Waals surface area contributed by atoms with Gasteiger partial charge in [-0.1, -0.05) is 0 Å². The fraction of sp³-hybridized carbons (Fsp3) is 0.429. The minimum Gasteiger partial charge on any atom is -0.484 e. The predicted molar refractivity (Wildman–Crippen MR) is 72.8 cm³/mol. The van der Waals surface area contributed by atoms with Crippen LogP contribution in [-0.2, 0) is 14.3 Å². The van der Waals surface area contributed by atoms with Crippen LogP contribution in [0.5, 0.6) is 5.75 Å². The molecule has 1 rings (SSSR count). The van der Waals surface area contributed by atoms with E-state index in [-0.39, 0.29) is 18.6 Å². The zero-order valence-corrected chi connectivity index (χ0v) is 11.8. The summed E-state index contributed by atoms with van der Waals surface area (Å²) in [6, 6.07) is 6.30. The molecule has 0 aliphatic heterocycles. The van der Waals surface area contributed by atoms with E-state index in [9.17, 15) is 9.59 Å². The fourth-order valence-corrected chi connectivity index (χ4v) is 1.56. The number of benzene rings is 1. The Hall–Kier alpha value is -2.08. The normalized spacial score (nSPS) is 11.6. The quantitative estimate of drug-likeness (QED) is 0.755. The molecule has 0 heterocycles. The minimum atomic E-state index is -0.414. The number of rotatable bonds is 7. The standard InChI is InChI=1S/C14H19NO5/c1-10(8-18-2)15-13(16)9-20-12-6-4-11(5-7-12)14(17)19-3/h4-7,10H,8-9H2,1-3H3,(H,15,16). The molecule has 6 nitrogen and oxygen atoms in total. The summed E-state index contributed by atoms with van der Waals surface area (Å²) in [5.41, 5.74) is 0.429. The van der Waals surface area contributed by atoms with Crippen LogP contribution in [0.25, 0.3) is 0 Å². The van der Waals surface area contributed by atoms with Gasteiger partial charge in [-0.25, -0.2) is 4.79 Å². The Labute approximate surface area is 118 Å². The van der Waals surface area contributed by atoms with E-state index in [1.807, 2.05) is 6.92 Å². The summed E-state index contributed by atoms with van der Waals surface area (Å²) in [5.74, 6) is -0.138. The Bertz CT molecular complexity index is 443. The number of carbonyl (C=O) groups is 2. The highest BCUT2D eigenvalue weighted by atomic mass is 16.5. The lowest BCUT2D eigenvalue weighted by molar-refractivity contribution is -0.124. The second-order valence-corrected chi connectivity index (χ2v) is 4.23. The SMILES string of the molecule is COCC(C)NC(=O)COc1ccc(C(=O)OC)cc1. The van der Waals surface area contributed by atoms with Crippen LogP contribution in [0.2, 0.25) is 0 Å². The molecule has 1 aromatic rings. The van der Waals surface area contributed by atoms with E-state index < -0.39 is 5.97 Å². The maximum absolute atomic E-state index is 11.6. The molecule has 1 aromatic carbocycles. The topological polar surface area (TPSA) is 73.9 Å². The van der Waals surface area contributed by atoms with E-state index in [0.29, 0.717) is 17.9 Å². The molecule has 0 radical (unpaired) electrons. The van der Waals surface area contributed by atoms with Crippen LogP contribution in [0.15, 0.2) is 24.3 Å². The van der Waals surface area contributed by atoms with Crippen molar-refractivity contribution in [3.63, 3.8) is 0 Å². The lowest BCUT2D eigenvalue weighted by Crippen LogP contribution is -2.38. The van der Waals surface area contributed by atoms with Gasteiger partial charge in [0.2, 0.25) is 0 Å². The number of esters is 1. The van der Waals surface area contributed by atoms with Crippen molar-refractivity contribution in [2.45, 2.75) is 13.0 Å². The molecule has 6 heteroatoms. The zero-order valence-electron chi connectivity index (χ0n) is 11.8. The van der Waals surface area contributed by atoms with Crippen molar-refractivity contribution in [3.05, 3.63) is 29.8 Å². The number of nitrogens with one attached hydrogen (secondary N) is 1. The third-order valence-electron chi connectivity index (χ3n) is 2.47. The second kappa shape index (κ2) is 8.16. The van der Waals surface area contributed by atoms with Crippen molar-refractivity contribution in [2.24, 2.45) is 0 Å². The Morgan fingerprint density at radius 1 is 1.20 bits per heavy atom. The van der Waals surface area contributed by atoms with Gasteiger partial charge in [-0.3, -0.25) is 4.79 Å². The first kappa shape index (κ1) is 16.0. The molecule has 0 aliphatic rings. The first-order valence-electron chi connectivity index (χ1n) is 6.16. The molecule has 0 bridgehead atoms. The number of carbonyl (C=O) groups excluding carboxylic acids is 2. The van der Waals surface area contributed by atoms with Crippen molar-refractivity contribution in [1.29, 1.82) is 0 Å². The van der Waals surface area contributed by atoms with E-state index in [4.69, 9.17) is 9.47 Å². The average molecular weight is 281 g/mol. The predicted octanol–water partition coefficient (Wildman–Crippen LogP) is 1.00. The molecule has 0 spiro atoms. The van der Waals surface area contributed by atoms with Gasteiger partial charge in [0.05, 0.1) is 19.3 Å². The molecule has 0 saturated carbocycles. The van der Waals surface area contributed by atoms with Crippen LogP contribution in [0.4, 0.5) is 0 Å². The third kappa shape index (κ3) is 5.27. The number of hydrogen-bond donors (Lipinski definition) is 1. The van der Waals surface area contributed by atoms with Crippen LogP contribution in [0.1, 0.15) is 17.3 Å². The van der Waals surface area contributed by atoms with Gasteiger partial charge < -0.3 is 19.5 Å². The molecule has 0 saturated heterocycles. The highest BCUT2D eigenvalue weighted by Gasteiger charge is 2.08. The average Bonchev–Trinajstić information content (AvgIpc) is 2.45. The molecule has 0 aromatic heterocycles. The van der Waals surface area contributed by atoms with Gasteiger partial charge in [-0.15, -0.1) is 0 Å². The van der Waals surface area contributed by atoms with Crippen molar-refractivity contribution in [2.75, 3.05) is 27.4 Å². The van der Waals surface area contributed by atoms with Crippen molar-refractivity contribution < 1.29 is 23.8 Å². The molecule has 110 valence electrons. The van der Waals surface area contributed by atoms with Crippen molar-refractivity contribution in [3.8, 4) is 5.75 Å². The van der Waals surface area contributed by atoms with Crippen LogP contribution in [-0.4, -0.2) is 45.4 Å². The molecular weight excluding hydrogens is 262 g/mol. The third-order valence-corrected chi connectivity index (χ3v) is 2.47. The molecular formula is C14H19NO5. The molecule has 1 amide bonds. The van der Waals surface area contributed by atoms with Crippen molar-refractivity contribution >= 4 is 11.9 Å². The highest BCUT2D eigenvalue weighted by molar-refractivity contribution is 5.89. The van der Waals surface area contributed by atoms with E-state index in [1.54, 1.807) is 31.4 Å². The lowest BCUT2D eigenvalue weighted by atomic mass is 10.2. The summed E-state index contributed by atoms with van der Waals surface area (Å²) in [6.07, 6.45) is 0. The second-order valence-electron chi connectivity index (χ2n) is 4.23. The zero-order chi connectivity index (χ0) is 15.0. The molecule has 0 fully saturated rings. The minimum absolute atomic E-state index is 0.0715. The molecule has 1 atom stereocenters. The van der Waals surface area contributed by atoms with E-state index in [0.717, 1.165) is 0 Å². The van der Waals surface area contributed by atoms with E-state index in [1.165, 1.54) is 7.11 Å². The maximum Gasteiger partial charge on any atom is 0.337 e. The van der Waals surface area contributed by atoms with E-state index >= 15 is 0 Å². The smallest absolute Gasteiger partial charge is 0.337 e. The van der Waals surface area contributed by atoms with Crippen LogP contribution < -0.4 is 10.1 Å². The Balaban J connectivity index is 2.42. The summed E-state index contributed by atoms with van der Waals surface area (Å²) in [4.78, 5) is 22.8. The van der Waals surface area contributed by atoms with Gasteiger partial charge in [-0.05, 0) is 31.2 Å². The van der Waals surface area contributed by atoms with Gasteiger partial charge in [0.15, 0.2) is 6.61 Å². The summed E-state index contributed by atoms with van der Waals surface area (Å²) in [6.45, 7) is 2.19. The number of methoxy groups -OCH3 is 2. The number of amides is 1. The van der Waals surface area contributed by atoms with Crippen LogP contribution in [0, 0.1) is 0 Å². The summed E-state index contributed by atoms with van der Waals surface area (Å²) >= 11 is 0. The molecule has 1 unspecified atom stereocenters. The molecule has 1 N–H and O–H groups in total. The number of ether oxygens (including phenoxy) is 3. The first-order chi connectivity index (χ1) is 9.56. The first-order valence-corrected chi connectivity index (χ1v) is 6.16. The van der Waals surface area contributed by atoms with Gasteiger partial charge in [-0.2, -0.15) is 0 Å². The van der Waals surface area contributed by atoms with Crippen molar-refractivity contribution in [1.82, 2.24) is 5.32 Å². The van der Waals surface area contributed by atoms with Gasteiger partial charge in [0.1, 0.15) is 5.75 Å².